The molecule has 5 unspecified atom stereocenters. The molecule has 2 N–H and O–H groups in total. The lowest BCUT2D eigenvalue weighted by Crippen LogP contribution is -2.33. The Morgan fingerprint density at radius 1 is 0.845 bits per heavy atom. The maximum atomic E-state index is 13.0. The summed E-state index contributed by atoms with van der Waals surface area (Å²) in [4.78, 5) is 65.1. The van der Waals surface area contributed by atoms with Crippen molar-refractivity contribution in [3.05, 3.63) is 43.0 Å². The lowest BCUT2D eigenvalue weighted by molar-refractivity contribution is -0.161. The van der Waals surface area contributed by atoms with Crippen LogP contribution in [0.25, 0.3) is 10.4 Å². The molecule has 58 heavy (non-hydrogen) atoms. The molecule has 1 aromatic rings. The highest BCUT2D eigenvalue weighted by Gasteiger charge is 2.38. The van der Waals surface area contributed by atoms with E-state index in [0.29, 0.717) is 12.8 Å². The fourth-order valence-corrected chi connectivity index (χ4v) is 7.66. The van der Waals surface area contributed by atoms with Crippen LogP contribution in [0.4, 0.5) is 0 Å². The van der Waals surface area contributed by atoms with E-state index in [1.165, 1.54) is 103 Å². The van der Waals surface area contributed by atoms with Gasteiger partial charge in [0.25, 0.3) is 5.56 Å². The van der Waals surface area contributed by atoms with Gasteiger partial charge in [-0.1, -0.05) is 147 Å². The normalized spacial score (nSPS) is 18.0. The third-order valence-electron chi connectivity index (χ3n) is 10.4. The third-order valence-corrected chi connectivity index (χ3v) is 11.3. The SMILES string of the molecule is CCCCCCCCCCCCCC(=O)OCC(COP(=O)(O)OCC1OC(n2cc(C)c(=O)[nH]c2=O)CC1N=[N+]=[N-])OC(=O)CCCCCCCCCCCCC. The number of hydrogen-bond donors (Lipinski definition) is 2. The number of phosphoric ester groups is 1. The maximum Gasteiger partial charge on any atom is 0.472 e. The predicted octanol–water partition coefficient (Wildman–Crippen LogP) is 9.80. The van der Waals surface area contributed by atoms with Gasteiger partial charge in [0.15, 0.2) is 6.10 Å². The second-order valence-corrected chi connectivity index (χ2v) is 17.0. The Bertz CT molecular complexity index is 1520. The van der Waals surface area contributed by atoms with E-state index in [2.05, 4.69) is 28.9 Å². The quantitative estimate of drug-likeness (QED) is 0.0163. The van der Waals surface area contributed by atoms with Crippen LogP contribution in [0.1, 0.15) is 186 Å². The summed E-state index contributed by atoms with van der Waals surface area (Å²) in [6.45, 7) is 4.43. The van der Waals surface area contributed by atoms with E-state index in [-0.39, 0.29) is 31.4 Å². The minimum atomic E-state index is -4.80. The molecule has 1 aliphatic heterocycles. The number of nitrogens with zero attached hydrogens (tertiary/aromatic N) is 4. The van der Waals surface area contributed by atoms with E-state index in [0.717, 1.165) is 43.1 Å². The van der Waals surface area contributed by atoms with Crippen LogP contribution >= 0.6 is 7.82 Å². The summed E-state index contributed by atoms with van der Waals surface area (Å²) in [5.74, 6) is -0.991. The predicted molar refractivity (Wildman–Crippen MR) is 222 cm³/mol. The highest BCUT2D eigenvalue weighted by Crippen LogP contribution is 2.45. The van der Waals surface area contributed by atoms with E-state index in [9.17, 15) is 28.6 Å². The molecule has 17 heteroatoms. The van der Waals surface area contributed by atoms with Gasteiger partial charge in [0.1, 0.15) is 12.8 Å². The molecule has 1 aromatic heterocycles. The first kappa shape index (κ1) is 51.1. The Morgan fingerprint density at radius 3 is 1.86 bits per heavy atom. The summed E-state index contributed by atoms with van der Waals surface area (Å²) in [7, 11) is -4.80. The Hall–Kier alpha value is -3.00. The number of rotatable bonds is 35. The molecule has 5 atom stereocenters. The lowest BCUT2D eigenvalue weighted by atomic mass is 10.1. The van der Waals surface area contributed by atoms with Gasteiger partial charge in [0.2, 0.25) is 0 Å². The van der Waals surface area contributed by atoms with Gasteiger partial charge in [-0.2, -0.15) is 0 Å². The molecule has 0 amide bonds. The van der Waals surface area contributed by atoms with Crippen LogP contribution in [0.3, 0.4) is 0 Å². The summed E-state index contributed by atoms with van der Waals surface area (Å²) < 4.78 is 41.3. The number of azide groups is 1. The van der Waals surface area contributed by atoms with Crippen LogP contribution in [0, 0.1) is 6.92 Å². The van der Waals surface area contributed by atoms with E-state index >= 15 is 0 Å². The van der Waals surface area contributed by atoms with Crippen LogP contribution in [0.5, 0.6) is 0 Å². The monoisotopic (exact) mass is 841 g/mol. The second-order valence-electron chi connectivity index (χ2n) is 15.5. The fourth-order valence-electron chi connectivity index (χ4n) is 6.89. The number of hydrogen-bond acceptors (Lipinski definition) is 11. The van der Waals surface area contributed by atoms with E-state index in [1.54, 1.807) is 0 Å². The van der Waals surface area contributed by atoms with Gasteiger partial charge in [0.05, 0.1) is 25.4 Å². The summed E-state index contributed by atoms with van der Waals surface area (Å²) in [5, 5.41) is 3.68. The van der Waals surface area contributed by atoms with Crippen molar-refractivity contribution in [3.8, 4) is 0 Å². The highest BCUT2D eigenvalue weighted by atomic mass is 31.2. The van der Waals surface area contributed by atoms with Crippen LogP contribution in [-0.2, 0) is 37.4 Å². The summed E-state index contributed by atoms with van der Waals surface area (Å²) in [6.07, 6.45) is 23.6. The van der Waals surface area contributed by atoms with Crippen molar-refractivity contribution in [1.82, 2.24) is 9.55 Å². The molecule has 2 rings (SSSR count). The number of carbonyl (C=O) groups is 2. The number of ether oxygens (including phenoxy) is 3. The zero-order valence-corrected chi connectivity index (χ0v) is 36.3. The van der Waals surface area contributed by atoms with Crippen molar-refractivity contribution in [1.29, 1.82) is 0 Å². The molecule has 1 fully saturated rings. The van der Waals surface area contributed by atoms with Gasteiger partial charge >= 0.3 is 25.5 Å². The van der Waals surface area contributed by atoms with Crippen molar-refractivity contribution in [2.45, 2.75) is 206 Å². The number of esters is 2. The molecule has 332 valence electrons. The summed E-state index contributed by atoms with van der Waals surface area (Å²) in [5.41, 5.74) is 8.05. The van der Waals surface area contributed by atoms with Crippen molar-refractivity contribution in [3.63, 3.8) is 0 Å². The average molecular weight is 842 g/mol. The van der Waals surface area contributed by atoms with Crippen molar-refractivity contribution >= 4 is 19.8 Å². The Morgan fingerprint density at radius 2 is 1.34 bits per heavy atom. The Kier molecular flexibility index (Phi) is 27.3. The lowest BCUT2D eigenvalue weighted by Gasteiger charge is -2.21. The van der Waals surface area contributed by atoms with Crippen LogP contribution in [0.15, 0.2) is 20.9 Å². The zero-order valence-electron chi connectivity index (χ0n) is 35.5. The largest absolute Gasteiger partial charge is 0.472 e. The molecule has 2 heterocycles. The standard InChI is InChI=1S/C41H72N5O11P/c1-4-6-8-10-12-14-16-18-20-22-24-26-38(47)53-30-34(56-39(48)27-25-23-21-19-17-15-13-11-9-7-5-2)31-54-58(51,52)55-32-36-35(44-45-42)28-37(57-36)46-29-33(3)40(49)43-41(46)50/h29,34-37H,4-28,30-32H2,1-3H3,(H,51,52)(H,43,49,50). The molecule has 0 saturated carbocycles. The number of phosphoric acid groups is 1. The van der Waals surface area contributed by atoms with Crippen molar-refractivity contribution < 1.29 is 42.3 Å². The summed E-state index contributed by atoms with van der Waals surface area (Å²) in [6, 6.07) is -0.877. The van der Waals surface area contributed by atoms with Crippen LogP contribution < -0.4 is 11.2 Å². The van der Waals surface area contributed by atoms with E-state index in [1.807, 2.05) is 0 Å². The third kappa shape index (κ3) is 23.0. The van der Waals surface area contributed by atoms with Gasteiger partial charge in [-0.15, -0.1) is 0 Å². The molecule has 1 saturated heterocycles. The number of nitrogens with one attached hydrogen (secondary N) is 1. The smallest absolute Gasteiger partial charge is 0.462 e. The molecule has 0 bridgehead atoms. The summed E-state index contributed by atoms with van der Waals surface area (Å²) >= 11 is 0. The molecule has 0 aliphatic carbocycles. The molecular weight excluding hydrogens is 769 g/mol. The van der Waals surface area contributed by atoms with Crippen LogP contribution in [-0.4, -0.2) is 64.5 Å². The number of aryl methyl sites for hydroxylation is 1. The van der Waals surface area contributed by atoms with Crippen molar-refractivity contribution in [2.24, 2.45) is 5.11 Å². The van der Waals surface area contributed by atoms with Gasteiger partial charge in [-0.05, 0) is 25.3 Å². The number of carbonyl (C=O) groups excluding carboxylic acids is 2. The molecule has 16 nitrogen and oxygen atoms in total. The fraction of sp³-hybridized carbons (Fsp3) is 0.854. The van der Waals surface area contributed by atoms with Crippen molar-refractivity contribution in [2.75, 3.05) is 19.8 Å². The number of aromatic nitrogens is 2. The molecule has 0 radical (unpaired) electrons. The number of H-pyrrole nitrogens is 1. The topological polar surface area (TPSA) is 221 Å². The van der Waals surface area contributed by atoms with Gasteiger partial charge in [-0.3, -0.25) is 33.0 Å². The number of unbranched alkanes of at least 4 members (excludes halogenated alkanes) is 20. The van der Waals surface area contributed by atoms with Gasteiger partial charge < -0.3 is 19.1 Å². The zero-order chi connectivity index (χ0) is 42.4. The van der Waals surface area contributed by atoms with E-state index < -0.39 is 68.7 Å². The minimum absolute atomic E-state index is 0.0295. The minimum Gasteiger partial charge on any atom is -0.462 e. The molecular formula is C41H72N5O11P. The highest BCUT2D eigenvalue weighted by molar-refractivity contribution is 7.47. The van der Waals surface area contributed by atoms with E-state index in [4.69, 9.17) is 28.8 Å². The maximum absolute atomic E-state index is 13.0. The first-order valence-corrected chi connectivity index (χ1v) is 23.5. The first-order chi connectivity index (χ1) is 28.0. The molecule has 0 aromatic carbocycles. The Balaban J connectivity index is 1.86. The van der Waals surface area contributed by atoms with Gasteiger partial charge in [-0.25, -0.2) is 9.36 Å². The Labute approximate surface area is 344 Å². The molecule has 0 spiro atoms. The first-order valence-electron chi connectivity index (χ1n) is 22.0. The number of aromatic amines is 1. The average Bonchev–Trinajstić information content (AvgIpc) is 3.60. The van der Waals surface area contributed by atoms with Gasteiger partial charge in [0, 0.05) is 35.9 Å². The molecule has 1 aliphatic rings. The van der Waals surface area contributed by atoms with Crippen LogP contribution in [0.2, 0.25) is 0 Å². The second kappa shape index (κ2) is 31.0.